The molecule has 1 aliphatic rings. The van der Waals surface area contributed by atoms with Crippen molar-refractivity contribution in [1.82, 2.24) is 10.3 Å². The van der Waals surface area contributed by atoms with Gasteiger partial charge in [-0.15, -0.1) is 0 Å². The first-order valence-corrected chi connectivity index (χ1v) is 7.83. The lowest BCUT2D eigenvalue weighted by atomic mass is 10.1. The van der Waals surface area contributed by atoms with Gasteiger partial charge in [-0.25, -0.2) is 4.98 Å². The number of nitrogens with zero attached hydrogens (tertiary/aromatic N) is 2. The highest BCUT2D eigenvalue weighted by Crippen LogP contribution is 2.20. The van der Waals surface area contributed by atoms with Crippen molar-refractivity contribution < 1.29 is 4.74 Å². The standard InChI is InChI=1S/C17H27N3O/c1-4-5-16-10-15(12-18-2)11-17(19-16)20-8-6-14(7-9-20)13-21-3/h6,10-11,18H,4-5,7-9,12-13H2,1-3H3. The molecule has 0 fully saturated rings. The molecule has 1 N–H and O–H groups in total. The van der Waals surface area contributed by atoms with Crippen LogP contribution in [0.5, 0.6) is 0 Å². The molecule has 0 atom stereocenters. The SMILES string of the molecule is CCCc1cc(CNC)cc(N2CC=C(COC)CC2)n1. The summed E-state index contributed by atoms with van der Waals surface area (Å²) in [4.78, 5) is 7.20. The van der Waals surface area contributed by atoms with Crippen molar-refractivity contribution in [3.05, 3.63) is 35.0 Å². The Morgan fingerprint density at radius 1 is 1.38 bits per heavy atom. The summed E-state index contributed by atoms with van der Waals surface area (Å²) in [6.45, 7) is 5.80. The van der Waals surface area contributed by atoms with Gasteiger partial charge < -0.3 is 15.0 Å². The third-order valence-electron chi connectivity index (χ3n) is 3.77. The zero-order valence-corrected chi connectivity index (χ0v) is 13.5. The average Bonchev–Trinajstić information content (AvgIpc) is 2.49. The molecular weight excluding hydrogens is 262 g/mol. The molecule has 2 rings (SSSR count). The van der Waals surface area contributed by atoms with Crippen molar-refractivity contribution in [3.8, 4) is 0 Å². The summed E-state index contributed by atoms with van der Waals surface area (Å²) >= 11 is 0. The van der Waals surface area contributed by atoms with E-state index in [0.29, 0.717) is 0 Å². The number of ether oxygens (including phenoxy) is 1. The maximum absolute atomic E-state index is 5.21. The van der Waals surface area contributed by atoms with Crippen LogP contribution in [0, 0.1) is 0 Å². The van der Waals surface area contributed by atoms with E-state index in [-0.39, 0.29) is 0 Å². The highest BCUT2D eigenvalue weighted by molar-refractivity contribution is 5.45. The number of rotatable bonds is 7. The lowest BCUT2D eigenvalue weighted by molar-refractivity contribution is 0.222. The summed E-state index contributed by atoms with van der Waals surface area (Å²) in [5, 5.41) is 3.23. The molecule has 0 unspecified atom stereocenters. The first kappa shape index (κ1) is 16.0. The third kappa shape index (κ3) is 4.55. The van der Waals surface area contributed by atoms with Crippen molar-refractivity contribution in [2.45, 2.75) is 32.7 Å². The number of aromatic nitrogens is 1. The number of pyridine rings is 1. The fourth-order valence-corrected chi connectivity index (χ4v) is 2.72. The Balaban J connectivity index is 2.15. The van der Waals surface area contributed by atoms with E-state index >= 15 is 0 Å². The van der Waals surface area contributed by atoms with E-state index in [1.807, 2.05) is 7.05 Å². The van der Waals surface area contributed by atoms with Gasteiger partial charge in [-0.05, 0) is 43.2 Å². The maximum Gasteiger partial charge on any atom is 0.129 e. The Kier molecular flexibility index (Phi) is 6.21. The van der Waals surface area contributed by atoms with E-state index in [9.17, 15) is 0 Å². The lowest BCUT2D eigenvalue weighted by Crippen LogP contribution is -2.30. The Morgan fingerprint density at radius 2 is 2.24 bits per heavy atom. The van der Waals surface area contributed by atoms with Gasteiger partial charge in [-0.1, -0.05) is 19.4 Å². The highest BCUT2D eigenvalue weighted by Gasteiger charge is 2.14. The van der Waals surface area contributed by atoms with E-state index in [1.54, 1.807) is 7.11 Å². The van der Waals surface area contributed by atoms with E-state index in [4.69, 9.17) is 9.72 Å². The zero-order chi connectivity index (χ0) is 15.1. The molecule has 0 amide bonds. The molecule has 0 saturated carbocycles. The summed E-state index contributed by atoms with van der Waals surface area (Å²) in [5.74, 6) is 1.11. The van der Waals surface area contributed by atoms with Gasteiger partial charge in [0.1, 0.15) is 5.82 Å². The van der Waals surface area contributed by atoms with Crippen LogP contribution >= 0.6 is 0 Å². The zero-order valence-electron chi connectivity index (χ0n) is 13.5. The smallest absolute Gasteiger partial charge is 0.129 e. The minimum absolute atomic E-state index is 0.752. The largest absolute Gasteiger partial charge is 0.380 e. The predicted molar refractivity (Wildman–Crippen MR) is 87.8 cm³/mol. The van der Waals surface area contributed by atoms with Gasteiger partial charge in [0.15, 0.2) is 0 Å². The molecule has 0 spiro atoms. The lowest BCUT2D eigenvalue weighted by Gasteiger charge is -2.28. The van der Waals surface area contributed by atoms with Crippen molar-refractivity contribution in [3.63, 3.8) is 0 Å². The van der Waals surface area contributed by atoms with Gasteiger partial charge in [0, 0.05) is 32.4 Å². The van der Waals surface area contributed by atoms with E-state index in [2.05, 4.69) is 35.3 Å². The van der Waals surface area contributed by atoms with E-state index in [0.717, 1.165) is 51.3 Å². The van der Waals surface area contributed by atoms with Crippen LogP contribution < -0.4 is 10.2 Å². The van der Waals surface area contributed by atoms with Gasteiger partial charge in [-0.3, -0.25) is 0 Å². The number of nitrogens with one attached hydrogen (secondary N) is 1. The van der Waals surface area contributed by atoms with Gasteiger partial charge in [0.2, 0.25) is 0 Å². The number of hydrogen-bond acceptors (Lipinski definition) is 4. The number of anilines is 1. The molecule has 4 nitrogen and oxygen atoms in total. The van der Waals surface area contributed by atoms with Gasteiger partial charge in [0.25, 0.3) is 0 Å². The predicted octanol–water partition coefficient (Wildman–Crippen LogP) is 2.54. The van der Waals surface area contributed by atoms with Crippen LogP contribution in [0.15, 0.2) is 23.8 Å². The van der Waals surface area contributed by atoms with Crippen LogP contribution in [0.1, 0.15) is 31.0 Å². The van der Waals surface area contributed by atoms with Crippen molar-refractivity contribution >= 4 is 5.82 Å². The van der Waals surface area contributed by atoms with Crippen LogP contribution in [-0.2, 0) is 17.7 Å². The van der Waals surface area contributed by atoms with Crippen LogP contribution in [0.25, 0.3) is 0 Å². The van der Waals surface area contributed by atoms with E-state index in [1.165, 1.54) is 16.8 Å². The van der Waals surface area contributed by atoms with Crippen LogP contribution in [0.3, 0.4) is 0 Å². The molecule has 116 valence electrons. The fraction of sp³-hybridized carbons (Fsp3) is 0.588. The quantitative estimate of drug-likeness (QED) is 0.783. The Bertz CT molecular complexity index is 461. The second kappa shape index (κ2) is 8.15. The molecule has 2 heterocycles. The Labute approximate surface area is 128 Å². The van der Waals surface area contributed by atoms with Gasteiger partial charge in [-0.2, -0.15) is 0 Å². The summed E-state index contributed by atoms with van der Waals surface area (Å²) in [5.41, 5.74) is 3.92. The molecule has 1 aromatic rings. The second-order valence-corrected chi connectivity index (χ2v) is 5.60. The minimum Gasteiger partial charge on any atom is -0.380 e. The van der Waals surface area contributed by atoms with Crippen molar-refractivity contribution in [2.24, 2.45) is 0 Å². The molecule has 0 saturated heterocycles. The molecule has 0 aliphatic carbocycles. The second-order valence-electron chi connectivity index (χ2n) is 5.60. The van der Waals surface area contributed by atoms with Crippen LogP contribution in [-0.4, -0.2) is 38.8 Å². The third-order valence-corrected chi connectivity index (χ3v) is 3.77. The molecule has 0 bridgehead atoms. The Morgan fingerprint density at radius 3 is 2.86 bits per heavy atom. The topological polar surface area (TPSA) is 37.4 Å². The molecule has 21 heavy (non-hydrogen) atoms. The Hall–Kier alpha value is -1.39. The van der Waals surface area contributed by atoms with Gasteiger partial charge >= 0.3 is 0 Å². The van der Waals surface area contributed by atoms with Crippen molar-refractivity contribution in [2.75, 3.05) is 38.8 Å². The monoisotopic (exact) mass is 289 g/mol. The van der Waals surface area contributed by atoms with Crippen LogP contribution in [0.2, 0.25) is 0 Å². The summed E-state index contributed by atoms with van der Waals surface area (Å²) in [6.07, 6.45) is 5.52. The highest BCUT2D eigenvalue weighted by atomic mass is 16.5. The number of methoxy groups -OCH3 is 1. The molecule has 4 heteroatoms. The summed E-state index contributed by atoms with van der Waals surface area (Å²) in [6, 6.07) is 4.43. The summed E-state index contributed by atoms with van der Waals surface area (Å²) in [7, 11) is 3.74. The van der Waals surface area contributed by atoms with Crippen LogP contribution in [0.4, 0.5) is 5.82 Å². The fourth-order valence-electron chi connectivity index (χ4n) is 2.72. The maximum atomic E-state index is 5.21. The molecule has 0 radical (unpaired) electrons. The van der Waals surface area contributed by atoms with Crippen molar-refractivity contribution in [1.29, 1.82) is 0 Å². The first-order chi connectivity index (χ1) is 10.3. The molecule has 1 aliphatic heterocycles. The number of hydrogen-bond donors (Lipinski definition) is 1. The molecule has 1 aromatic heterocycles. The number of aryl methyl sites for hydroxylation is 1. The normalized spacial score (nSPS) is 15.2. The van der Waals surface area contributed by atoms with E-state index < -0.39 is 0 Å². The minimum atomic E-state index is 0.752. The molecule has 0 aromatic carbocycles. The molecular formula is C17H27N3O. The first-order valence-electron chi connectivity index (χ1n) is 7.83. The average molecular weight is 289 g/mol. The van der Waals surface area contributed by atoms with Gasteiger partial charge in [0.05, 0.1) is 6.61 Å². The summed E-state index contributed by atoms with van der Waals surface area (Å²) < 4.78 is 5.21.